The molecule has 4 aromatic rings. The topological polar surface area (TPSA) is 39.1 Å². The summed E-state index contributed by atoms with van der Waals surface area (Å²) in [5.74, 6) is 2.79. The fourth-order valence-electron chi connectivity index (χ4n) is 3.39. The third-order valence-electron chi connectivity index (χ3n) is 4.65. The highest BCUT2D eigenvalue weighted by molar-refractivity contribution is 5.97. The molecule has 0 saturated carbocycles. The summed E-state index contributed by atoms with van der Waals surface area (Å²) in [6.45, 7) is 0. The number of benzene rings is 3. The first-order valence-corrected chi connectivity index (χ1v) is 8.53. The maximum atomic E-state index is 5.26. The van der Waals surface area contributed by atoms with Gasteiger partial charge in [0.05, 0.1) is 23.8 Å². The van der Waals surface area contributed by atoms with Gasteiger partial charge in [-0.05, 0) is 48.0 Å². The summed E-state index contributed by atoms with van der Waals surface area (Å²) in [7, 11) is 1.68. The Labute approximate surface area is 151 Å². The predicted molar refractivity (Wildman–Crippen MR) is 106 cm³/mol. The summed E-state index contributed by atoms with van der Waals surface area (Å²) in [4.78, 5) is 4.88. The minimum absolute atomic E-state index is 0.850. The lowest BCUT2D eigenvalue weighted by Crippen LogP contribution is -2.14. The van der Waals surface area contributed by atoms with Crippen LogP contribution in [0.1, 0.15) is 5.56 Å². The van der Waals surface area contributed by atoms with Crippen LogP contribution in [-0.2, 0) is 0 Å². The Bertz CT molecular complexity index is 1140. The minimum Gasteiger partial charge on any atom is -0.497 e. The first kappa shape index (κ1) is 14.8. The molecule has 0 aliphatic carbocycles. The fraction of sp³-hybridized carbons (Fsp3) is 0.0455. The molecule has 0 amide bonds. The highest BCUT2D eigenvalue weighted by atomic mass is 16.5. The van der Waals surface area contributed by atoms with Gasteiger partial charge in [0.1, 0.15) is 17.4 Å². The monoisotopic (exact) mass is 339 g/mol. The molecular formula is C22H17N3O. The van der Waals surface area contributed by atoms with E-state index in [0.29, 0.717) is 0 Å². The maximum Gasteiger partial charge on any atom is 0.148 e. The third-order valence-corrected chi connectivity index (χ3v) is 4.65. The second-order valence-electron chi connectivity index (χ2n) is 6.23. The highest BCUT2D eigenvalue weighted by Crippen LogP contribution is 2.38. The first-order valence-electron chi connectivity index (χ1n) is 8.53. The Morgan fingerprint density at radius 1 is 0.923 bits per heavy atom. The zero-order chi connectivity index (χ0) is 17.5. The number of nitrogens with zero attached hydrogens (tertiary/aromatic N) is 2. The van der Waals surface area contributed by atoms with Gasteiger partial charge >= 0.3 is 0 Å². The average Bonchev–Trinajstić information content (AvgIpc) is 3.09. The molecule has 0 bridgehead atoms. The van der Waals surface area contributed by atoms with Crippen molar-refractivity contribution in [1.29, 1.82) is 0 Å². The van der Waals surface area contributed by atoms with E-state index < -0.39 is 0 Å². The lowest BCUT2D eigenvalue weighted by molar-refractivity contribution is 0.415. The second kappa shape index (κ2) is 5.77. The van der Waals surface area contributed by atoms with Gasteiger partial charge in [0, 0.05) is 5.56 Å². The number of nitrogens with one attached hydrogen (secondary N) is 1. The van der Waals surface area contributed by atoms with Gasteiger partial charge in [-0.25, -0.2) is 4.98 Å². The Balaban J connectivity index is 1.74. The summed E-state index contributed by atoms with van der Waals surface area (Å²) >= 11 is 0. The molecular weight excluding hydrogens is 322 g/mol. The van der Waals surface area contributed by atoms with Crippen LogP contribution in [-0.4, -0.2) is 16.7 Å². The predicted octanol–water partition coefficient (Wildman–Crippen LogP) is 5.09. The van der Waals surface area contributed by atoms with Crippen molar-refractivity contribution in [2.45, 2.75) is 0 Å². The van der Waals surface area contributed by atoms with Gasteiger partial charge in [0.25, 0.3) is 0 Å². The molecule has 1 aliphatic heterocycles. The molecule has 1 N–H and O–H groups in total. The molecule has 1 aromatic heterocycles. The van der Waals surface area contributed by atoms with E-state index >= 15 is 0 Å². The zero-order valence-corrected chi connectivity index (χ0v) is 14.3. The number of rotatable bonds is 2. The second-order valence-corrected chi connectivity index (χ2v) is 6.23. The van der Waals surface area contributed by atoms with Crippen LogP contribution in [0.25, 0.3) is 34.3 Å². The van der Waals surface area contributed by atoms with Crippen LogP contribution in [0.4, 0.5) is 5.69 Å². The summed E-state index contributed by atoms with van der Waals surface area (Å²) in [5, 5.41) is 3.56. The number of ether oxygens (including phenoxy) is 1. The van der Waals surface area contributed by atoms with Crippen LogP contribution >= 0.6 is 0 Å². The molecule has 1 aliphatic rings. The molecule has 2 heterocycles. The Morgan fingerprint density at radius 3 is 2.54 bits per heavy atom. The molecule has 0 unspecified atom stereocenters. The molecule has 0 atom stereocenters. The van der Waals surface area contributed by atoms with Gasteiger partial charge in [-0.3, -0.25) is 4.57 Å². The number of hydrogen-bond acceptors (Lipinski definition) is 3. The van der Waals surface area contributed by atoms with E-state index in [4.69, 9.17) is 9.72 Å². The number of methoxy groups -OCH3 is 1. The summed E-state index contributed by atoms with van der Waals surface area (Å²) in [5.41, 5.74) is 5.34. The van der Waals surface area contributed by atoms with Gasteiger partial charge in [0.15, 0.2) is 0 Å². The quantitative estimate of drug-likeness (QED) is 0.553. The lowest BCUT2D eigenvalue weighted by Gasteiger charge is -2.23. The Morgan fingerprint density at radius 2 is 1.69 bits per heavy atom. The van der Waals surface area contributed by atoms with Crippen molar-refractivity contribution in [1.82, 2.24) is 9.55 Å². The molecule has 3 aromatic carbocycles. The van der Waals surface area contributed by atoms with Crippen molar-refractivity contribution >= 4 is 28.6 Å². The van der Waals surface area contributed by atoms with E-state index in [1.165, 1.54) is 0 Å². The van der Waals surface area contributed by atoms with Crippen molar-refractivity contribution in [2.75, 3.05) is 12.4 Å². The zero-order valence-electron chi connectivity index (χ0n) is 14.3. The number of aromatic nitrogens is 2. The molecule has 0 spiro atoms. The Hall–Kier alpha value is -3.53. The van der Waals surface area contributed by atoms with E-state index in [2.05, 4.69) is 34.2 Å². The minimum atomic E-state index is 0.850. The molecule has 5 rings (SSSR count). The van der Waals surface area contributed by atoms with Crippen LogP contribution in [0.2, 0.25) is 0 Å². The van der Waals surface area contributed by atoms with Gasteiger partial charge in [-0.15, -0.1) is 0 Å². The molecule has 26 heavy (non-hydrogen) atoms. The maximum absolute atomic E-state index is 5.26. The van der Waals surface area contributed by atoms with E-state index in [1.54, 1.807) is 7.11 Å². The van der Waals surface area contributed by atoms with Crippen molar-refractivity contribution in [3.8, 4) is 17.1 Å². The molecule has 0 fully saturated rings. The number of fused-ring (bicyclic) bond motifs is 5. The largest absolute Gasteiger partial charge is 0.497 e. The fourth-order valence-corrected chi connectivity index (χ4v) is 3.39. The van der Waals surface area contributed by atoms with Crippen LogP contribution in [0.15, 0.2) is 72.8 Å². The summed E-state index contributed by atoms with van der Waals surface area (Å²) < 4.78 is 7.44. The van der Waals surface area contributed by atoms with Crippen molar-refractivity contribution < 1.29 is 4.74 Å². The van der Waals surface area contributed by atoms with Gasteiger partial charge in [-0.1, -0.05) is 36.4 Å². The number of para-hydroxylation sites is 3. The van der Waals surface area contributed by atoms with Crippen molar-refractivity contribution in [2.24, 2.45) is 0 Å². The summed E-state index contributed by atoms with van der Waals surface area (Å²) in [6, 6.07) is 24.5. The lowest BCUT2D eigenvalue weighted by atomic mass is 10.1. The highest BCUT2D eigenvalue weighted by Gasteiger charge is 2.22. The van der Waals surface area contributed by atoms with Crippen molar-refractivity contribution in [3.63, 3.8) is 0 Å². The number of hydrogen-bond donors (Lipinski definition) is 1. The van der Waals surface area contributed by atoms with E-state index in [9.17, 15) is 0 Å². The van der Waals surface area contributed by atoms with Crippen LogP contribution < -0.4 is 10.1 Å². The molecule has 126 valence electrons. The normalized spacial score (nSPS) is 14.0. The van der Waals surface area contributed by atoms with Gasteiger partial charge in [-0.2, -0.15) is 0 Å². The van der Waals surface area contributed by atoms with Crippen LogP contribution in [0.3, 0.4) is 0 Å². The average molecular weight is 339 g/mol. The molecule has 4 heteroatoms. The van der Waals surface area contributed by atoms with Gasteiger partial charge < -0.3 is 10.1 Å². The van der Waals surface area contributed by atoms with E-state index in [-0.39, 0.29) is 0 Å². The van der Waals surface area contributed by atoms with Crippen LogP contribution in [0, 0.1) is 0 Å². The smallest absolute Gasteiger partial charge is 0.148 e. The third kappa shape index (κ3) is 2.27. The summed E-state index contributed by atoms with van der Waals surface area (Å²) in [6.07, 6.45) is 2.13. The van der Waals surface area contributed by atoms with Crippen molar-refractivity contribution in [3.05, 3.63) is 78.4 Å². The number of anilines is 1. The van der Waals surface area contributed by atoms with Crippen LogP contribution in [0.5, 0.6) is 5.75 Å². The standard InChI is InChI=1S/C22H17N3O/c1-26-16-12-10-15(11-13-16)14-21-23-18-7-3-2-6-17(18)22-24-19-8-4-5-9-20(19)25(21)22/h2-14,23H,1H3/b21-14+. The van der Waals surface area contributed by atoms with Gasteiger partial charge in [0.2, 0.25) is 0 Å². The molecule has 0 saturated heterocycles. The van der Waals surface area contributed by atoms with E-state index in [1.807, 2.05) is 54.6 Å². The first-order chi connectivity index (χ1) is 12.8. The number of imidazole rings is 1. The molecule has 4 nitrogen and oxygen atoms in total. The van der Waals surface area contributed by atoms with E-state index in [0.717, 1.165) is 45.2 Å². The Kier molecular flexibility index (Phi) is 3.28. The molecule has 0 radical (unpaired) electrons. The SMILES string of the molecule is COc1ccc(/C=C2\Nc3ccccc3-c3nc4ccccc4n32)cc1.